The van der Waals surface area contributed by atoms with Crippen molar-refractivity contribution >= 4 is 17.8 Å². The minimum Gasteiger partial charge on any atom is -0.481 e. The zero-order chi connectivity index (χ0) is 26.3. The van der Waals surface area contributed by atoms with Crippen LogP contribution in [0.1, 0.15) is 43.1 Å². The number of amides is 2. The fourth-order valence-corrected chi connectivity index (χ4v) is 3.85. The van der Waals surface area contributed by atoms with E-state index in [9.17, 15) is 23.9 Å². The summed E-state index contributed by atoms with van der Waals surface area (Å²) in [6.07, 6.45) is 3.74. The molecule has 0 aliphatic rings. The highest BCUT2D eigenvalue weighted by atomic mass is 19.1. The van der Waals surface area contributed by atoms with Gasteiger partial charge in [0.1, 0.15) is 11.9 Å². The second kappa shape index (κ2) is 11.6. The van der Waals surface area contributed by atoms with Gasteiger partial charge in [0.15, 0.2) is 0 Å². The number of rotatable bonds is 10. The normalized spacial score (nSPS) is 12.9. The van der Waals surface area contributed by atoms with Gasteiger partial charge in [-0.1, -0.05) is 37.3 Å². The number of carbonyl (C=O) groups excluding carboxylic acids is 2. The minimum absolute atomic E-state index is 0.0761. The number of benzene rings is 2. The summed E-state index contributed by atoms with van der Waals surface area (Å²) in [7, 11) is 0. The molecular weight excluding hydrogens is 461 g/mol. The maximum Gasteiger partial charge on any atom is 0.306 e. The Bertz CT molecular complexity index is 1200. The summed E-state index contributed by atoms with van der Waals surface area (Å²) in [4.78, 5) is 41.7. The number of carboxylic acids is 1. The molecular formula is C28H30FN3O4. The SMILES string of the molecule is CC(CC(NC(=O)c1ccc(-c2cccnc2)cc1)C(=O)NC(C)(C)Cc1ccc(F)cc1)C(=O)O. The van der Waals surface area contributed by atoms with E-state index in [-0.39, 0.29) is 12.2 Å². The summed E-state index contributed by atoms with van der Waals surface area (Å²) in [5.41, 5.74) is 2.23. The number of hydrogen-bond acceptors (Lipinski definition) is 4. The highest BCUT2D eigenvalue weighted by Gasteiger charge is 2.30. The third-order valence-corrected chi connectivity index (χ3v) is 5.80. The maximum atomic E-state index is 13.2. The topological polar surface area (TPSA) is 108 Å². The summed E-state index contributed by atoms with van der Waals surface area (Å²) in [6, 6.07) is 15.5. The Morgan fingerprint density at radius 2 is 1.67 bits per heavy atom. The first-order valence-electron chi connectivity index (χ1n) is 11.6. The number of hydrogen-bond donors (Lipinski definition) is 3. The third-order valence-electron chi connectivity index (χ3n) is 5.80. The minimum atomic E-state index is -1.06. The van der Waals surface area contributed by atoms with Crippen LogP contribution in [0.25, 0.3) is 11.1 Å². The Hall–Kier alpha value is -4.07. The smallest absolute Gasteiger partial charge is 0.306 e. The molecule has 0 aliphatic heterocycles. The van der Waals surface area contributed by atoms with Gasteiger partial charge in [-0.25, -0.2) is 4.39 Å². The number of nitrogens with zero attached hydrogens (tertiary/aromatic N) is 1. The number of halogens is 1. The van der Waals surface area contributed by atoms with Gasteiger partial charge >= 0.3 is 5.97 Å². The molecule has 2 aromatic carbocycles. The molecule has 0 saturated heterocycles. The van der Waals surface area contributed by atoms with Crippen LogP contribution in [-0.2, 0) is 16.0 Å². The zero-order valence-corrected chi connectivity index (χ0v) is 20.5. The van der Waals surface area contributed by atoms with Gasteiger partial charge < -0.3 is 15.7 Å². The van der Waals surface area contributed by atoms with Gasteiger partial charge in [-0.2, -0.15) is 0 Å². The Morgan fingerprint density at radius 1 is 1.00 bits per heavy atom. The number of carboxylic acid groups (broad SMARTS) is 1. The van der Waals surface area contributed by atoms with E-state index in [4.69, 9.17) is 0 Å². The monoisotopic (exact) mass is 491 g/mol. The van der Waals surface area contributed by atoms with E-state index in [1.807, 2.05) is 26.0 Å². The lowest BCUT2D eigenvalue weighted by Crippen LogP contribution is -2.54. The number of nitrogens with one attached hydrogen (secondary N) is 2. The quantitative estimate of drug-likeness (QED) is 0.393. The van der Waals surface area contributed by atoms with Crippen LogP contribution in [0.5, 0.6) is 0 Å². The Labute approximate surface area is 209 Å². The van der Waals surface area contributed by atoms with Crippen LogP contribution in [0.3, 0.4) is 0 Å². The number of pyridine rings is 1. The molecule has 188 valence electrons. The molecule has 3 aromatic rings. The molecule has 0 aliphatic carbocycles. The molecule has 0 spiro atoms. The fourth-order valence-electron chi connectivity index (χ4n) is 3.85. The standard InChI is InChI=1S/C28H30FN3O4/c1-18(27(35)36)15-24(26(34)32-28(2,3)16-19-6-12-23(29)13-7-19)31-25(33)21-10-8-20(9-11-21)22-5-4-14-30-17-22/h4-14,17-18,24H,15-16H2,1-3H3,(H,31,33)(H,32,34)(H,35,36). The van der Waals surface area contributed by atoms with Crippen molar-refractivity contribution in [2.75, 3.05) is 0 Å². The molecule has 2 amide bonds. The van der Waals surface area contributed by atoms with Crippen molar-refractivity contribution in [3.8, 4) is 11.1 Å². The van der Waals surface area contributed by atoms with E-state index in [1.165, 1.54) is 19.1 Å². The van der Waals surface area contributed by atoms with E-state index in [2.05, 4.69) is 15.6 Å². The van der Waals surface area contributed by atoms with Crippen LogP contribution in [-0.4, -0.2) is 39.5 Å². The number of aromatic nitrogens is 1. The molecule has 0 fully saturated rings. The molecule has 2 atom stereocenters. The second-order valence-electron chi connectivity index (χ2n) is 9.50. The molecule has 0 radical (unpaired) electrons. The van der Waals surface area contributed by atoms with Gasteiger partial charge in [0.2, 0.25) is 5.91 Å². The largest absolute Gasteiger partial charge is 0.481 e. The Morgan fingerprint density at radius 3 is 2.25 bits per heavy atom. The first-order chi connectivity index (χ1) is 17.0. The average Bonchev–Trinajstić information content (AvgIpc) is 2.85. The maximum absolute atomic E-state index is 13.2. The Kier molecular flexibility index (Phi) is 8.53. The van der Waals surface area contributed by atoms with Crippen molar-refractivity contribution in [2.45, 2.75) is 45.2 Å². The van der Waals surface area contributed by atoms with Crippen molar-refractivity contribution in [1.29, 1.82) is 0 Å². The average molecular weight is 492 g/mol. The van der Waals surface area contributed by atoms with Gasteiger partial charge in [-0.3, -0.25) is 19.4 Å². The van der Waals surface area contributed by atoms with Crippen molar-refractivity contribution in [3.05, 3.63) is 90.0 Å². The van der Waals surface area contributed by atoms with Gasteiger partial charge in [-0.15, -0.1) is 0 Å². The molecule has 3 N–H and O–H groups in total. The van der Waals surface area contributed by atoms with Gasteiger partial charge in [-0.05, 0) is 73.7 Å². The van der Waals surface area contributed by atoms with Crippen LogP contribution >= 0.6 is 0 Å². The Balaban J connectivity index is 1.72. The number of carbonyl (C=O) groups is 3. The summed E-state index contributed by atoms with van der Waals surface area (Å²) in [5.74, 6) is -3.24. The van der Waals surface area contributed by atoms with Crippen LogP contribution in [0.15, 0.2) is 73.1 Å². The van der Waals surface area contributed by atoms with Crippen LogP contribution in [0, 0.1) is 11.7 Å². The summed E-state index contributed by atoms with van der Waals surface area (Å²) >= 11 is 0. The van der Waals surface area contributed by atoms with E-state index in [0.717, 1.165) is 16.7 Å². The lowest BCUT2D eigenvalue weighted by atomic mass is 9.93. The van der Waals surface area contributed by atoms with Gasteiger partial charge in [0.05, 0.1) is 5.92 Å². The summed E-state index contributed by atoms with van der Waals surface area (Å²) in [5, 5.41) is 15.0. The van der Waals surface area contributed by atoms with Gasteiger partial charge in [0.25, 0.3) is 5.91 Å². The van der Waals surface area contributed by atoms with E-state index in [0.29, 0.717) is 12.0 Å². The number of aliphatic carboxylic acids is 1. The van der Waals surface area contributed by atoms with E-state index in [1.54, 1.807) is 48.8 Å². The highest BCUT2D eigenvalue weighted by Crippen LogP contribution is 2.19. The van der Waals surface area contributed by atoms with Crippen molar-refractivity contribution in [2.24, 2.45) is 5.92 Å². The molecule has 1 aromatic heterocycles. The van der Waals surface area contributed by atoms with E-state index >= 15 is 0 Å². The third kappa shape index (κ3) is 7.46. The molecule has 7 nitrogen and oxygen atoms in total. The molecule has 1 heterocycles. The van der Waals surface area contributed by atoms with Crippen LogP contribution in [0.2, 0.25) is 0 Å². The van der Waals surface area contributed by atoms with Gasteiger partial charge in [0, 0.05) is 23.5 Å². The van der Waals surface area contributed by atoms with Crippen LogP contribution in [0.4, 0.5) is 4.39 Å². The molecule has 36 heavy (non-hydrogen) atoms. The predicted octanol–water partition coefficient (Wildman–Crippen LogP) is 4.23. The summed E-state index contributed by atoms with van der Waals surface area (Å²) in [6.45, 7) is 5.11. The summed E-state index contributed by atoms with van der Waals surface area (Å²) < 4.78 is 13.2. The first-order valence-corrected chi connectivity index (χ1v) is 11.6. The van der Waals surface area contributed by atoms with Crippen LogP contribution < -0.4 is 10.6 Å². The molecule has 8 heteroatoms. The van der Waals surface area contributed by atoms with Crippen molar-refractivity contribution < 1.29 is 23.9 Å². The molecule has 3 rings (SSSR count). The zero-order valence-electron chi connectivity index (χ0n) is 20.5. The molecule has 0 bridgehead atoms. The lowest BCUT2D eigenvalue weighted by Gasteiger charge is -2.30. The highest BCUT2D eigenvalue weighted by molar-refractivity contribution is 5.98. The fraction of sp³-hybridized carbons (Fsp3) is 0.286. The predicted molar refractivity (Wildman–Crippen MR) is 135 cm³/mol. The molecule has 0 saturated carbocycles. The van der Waals surface area contributed by atoms with E-state index < -0.39 is 35.3 Å². The van der Waals surface area contributed by atoms with Crippen molar-refractivity contribution in [1.82, 2.24) is 15.6 Å². The molecule has 2 unspecified atom stereocenters. The first kappa shape index (κ1) is 26.5. The second-order valence-corrected chi connectivity index (χ2v) is 9.50. The lowest BCUT2D eigenvalue weighted by molar-refractivity contribution is -0.141. The van der Waals surface area contributed by atoms with Crippen molar-refractivity contribution in [3.63, 3.8) is 0 Å².